The Bertz CT molecular complexity index is 445. The number of hydrogen-bond acceptors (Lipinski definition) is 8. The summed E-state index contributed by atoms with van der Waals surface area (Å²) in [5.41, 5.74) is 5.57. The van der Waals surface area contributed by atoms with Crippen molar-refractivity contribution in [3.63, 3.8) is 0 Å². The van der Waals surface area contributed by atoms with E-state index in [1.807, 2.05) is 27.7 Å². The molecule has 4 rings (SSSR count). The fourth-order valence-corrected chi connectivity index (χ4v) is 8.68. The first-order valence-electron chi connectivity index (χ1n) is 20.1. The second-order valence-electron chi connectivity index (χ2n) is 12.7. The minimum atomic E-state index is 0. The molecule has 0 radical (unpaired) electrons. The summed E-state index contributed by atoms with van der Waals surface area (Å²) in [6.07, 6.45) is 13.6. The van der Waals surface area contributed by atoms with E-state index in [0.717, 1.165) is 59.2 Å². The molecule has 0 spiro atoms. The summed E-state index contributed by atoms with van der Waals surface area (Å²) >= 11 is 0. The molecule has 4 aliphatic heterocycles. The van der Waals surface area contributed by atoms with Gasteiger partial charge in [0.2, 0.25) is 0 Å². The molecule has 0 aromatic carbocycles. The van der Waals surface area contributed by atoms with E-state index in [1.54, 1.807) is 28.4 Å². The Morgan fingerprint density at radius 3 is 0.843 bits per heavy atom. The third-order valence-corrected chi connectivity index (χ3v) is 13.8. The van der Waals surface area contributed by atoms with Gasteiger partial charge in [-0.2, -0.15) is 0 Å². The van der Waals surface area contributed by atoms with E-state index < -0.39 is 0 Å². The predicted octanol–water partition coefficient (Wildman–Crippen LogP) is 9.67. The summed E-state index contributed by atoms with van der Waals surface area (Å²) in [4.78, 5) is 0. The summed E-state index contributed by atoms with van der Waals surface area (Å²) in [6.45, 7) is 33.3. The van der Waals surface area contributed by atoms with Gasteiger partial charge >= 0.3 is 0 Å². The van der Waals surface area contributed by atoms with Gasteiger partial charge in [0.15, 0.2) is 0 Å². The standard InChI is InChI=1S/2C8H18NP.C7H17N2P.C7H16NOP.2C2H6O.2C2H6.CH4/c2*1-3-8-4-6-9(10-2)7-5-8;1-10-9-4-2-7(6-8)3-5-9;1-10-8-4-2-7(6-9)3-5-8;2*1-3-2;2*1-2;/h2*8,10H,3-7H2,1-2H3;7,10H,2-6,8H2,1H3;7,9-10H,2-6H2,1H3;2*1-2H3;2*1-2H3;1H4. The number of piperidine rings is 4. The van der Waals surface area contributed by atoms with Gasteiger partial charge in [-0.15, -0.1) is 0 Å². The number of aliphatic hydroxyl groups excluding tert-OH is 1. The fourth-order valence-electron chi connectivity index (χ4n) is 5.86. The molecule has 51 heavy (non-hydrogen) atoms. The fraction of sp³-hybridized carbons (Fsp3) is 1.00. The van der Waals surface area contributed by atoms with Crippen molar-refractivity contribution in [3.05, 3.63) is 0 Å². The van der Waals surface area contributed by atoms with Gasteiger partial charge < -0.3 is 20.3 Å². The van der Waals surface area contributed by atoms with E-state index in [0.29, 0.717) is 12.5 Å². The monoisotopic (exact) mass is 808 g/mol. The highest BCUT2D eigenvalue weighted by Gasteiger charge is 2.18. The van der Waals surface area contributed by atoms with Crippen LogP contribution in [0, 0.1) is 23.7 Å². The molecule has 0 bridgehead atoms. The SMILES string of the molecule is C.CC.CC.CCC1CCN(PC)CC1.CCC1CCN(PC)CC1.COC.COC.CPN1CCC(CN)CC1.CPN1CCC(CO)CC1. The molecule has 0 amide bonds. The Morgan fingerprint density at radius 2 is 0.686 bits per heavy atom. The maximum Gasteiger partial charge on any atom is 0.0460 e. The second kappa shape index (κ2) is 49.4. The zero-order valence-electron chi connectivity index (χ0n) is 36.1. The van der Waals surface area contributed by atoms with Crippen LogP contribution in [0.5, 0.6) is 0 Å². The maximum atomic E-state index is 8.83. The van der Waals surface area contributed by atoms with Crippen molar-refractivity contribution in [1.82, 2.24) is 18.7 Å². The van der Waals surface area contributed by atoms with Crippen LogP contribution in [0.2, 0.25) is 0 Å². The number of aliphatic hydroxyl groups is 1. The van der Waals surface area contributed by atoms with E-state index in [1.165, 1.54) is 117 Å². The molecule has 4 aliphatic rings. The zero-order valence-corrected chi connectivity index (χ0v) is 40.1. The van der Waals surface area contributed by atoms with Crippen LogP contribution in [-0.2, 0) is 9.47 Å². The number of hydrogen-bond donors (Lipinski definition) is 2. The first-order chi connectivity index (χ1) is 24.3. The summed E-state index contributed by atoms with van der Waals surface area (Å²) < 4.78 is 18.6. The predicted molar refractivity (Wildman–Crippen MR) is 246 cm³/mol. The first kappa shape index (κ1) is 61.6. The van der Waals surface area contributed by atoms with Crippen LogP contribution in [0.4, 0.5) is 0 Å². The highest BCUT2D eigenvalue weighted by molar-refractivity contribution is 7.34. The lowest BCUT2D eigenvalue weighted by atomic mass is 9.96. The lowest BCUT2D eigenvalue weighted by molar-refractivity contribution is 0.173. The molecule has 8 nitrogen and oxygen atoms in total. The van der Waals surface area contributed by atoms with Crippen molar-refractivity contribution in [2.75, 3.05) is 121 Å². The van der Waals surface area contributed by atoms with E-state index in [9.17, 15) is 0 Å². The topological polar surface area (TPSA) is 77.7 Å². The van der Waals surface area contributed by atoms with E-state index in [-0.39, 0.29) is 7.43 Å². The molecule has 0 saturated carbocycles. The average molecular weight is 808 g/mol. The van der Waals surface area contributed by atoms with Crippen molar-refractivity contribution in [2.24, 2.45) is 29.4 Å². The normalized spacial score (nSPS) is 20.2. The lowest BCUT2D eigenvalue weighted by Crippen LogP contribution is -2.30. The Kier molecular flexibility index (Phi) is 59.7. The van der Waals surface area contributed by atoms with Gasteiger partial charge in [-0.05, 0) is 108 Å². The molecule has 4 unspecified atom stereocenters. The maximum absolute atomic E-state index is 8.83. The number of nitrogens with two attached hydrogens (primary N) is 1. The Morgan fingerprint density at radius 1 is 0.490 bits per heavy atom. The van der Waals surface area contributed by atoms with Gasteiger partial charge in [-0.25, -0.2) is 0 Å². The van der Waals surface area contributed by atoms with E-state index in [4.69, 9.17) is 10.8 Å². The molecule has 4 heterocycles. The largest absolute Gasteiger partial charge is 0.396 e. The molecule has 12 heteroatoms. The van der Waals surface area contributed by atoms with Crippen LogP contribution in [0.3, 0.4) is 0 Å². The van der Waals surface area contributed by atoms with Gasteiger partial charge in [0.05, 0.1) is 0 Å². The van der Waals surface area contributed by atoms with E-state index in [2.05, 4.69) is 68.7 Å². The molecule has 0 aromatic rings. The lowest BCUT2D eigenvalue weighted by Gasteiger charge is -2.29. The van der Waals surface area contributed by atoms with Crippen molar-refractivity contribution in [2.45, 2.75) is 113 Å². The molecular weight excluding hydrogens is 710 g/mol. The highest BCUT2D eigenvalue weighted by atomic mass is 31.1. The molecule has 3 N–H and O–H groups in total. The van der Waals surface area contributed by atoms with E-state index >= 15 is 0 Å². The number of rotatable bonds is 8. The minimum absolute atomic E-state index is 0. The molecular formula is C39H97N5O3P4. The molecule has 4 saturated heterocycles. The Hall–Kier alpha value is 1.40. The number of methoxy groups -OCH3 is 2. The van der Waals surface area contributed by atoms with Crippen molar-refractivity contribution < 1.29 is 14.6 Å². The van der Waals surface area contributed by atoms with Gasteiger partial charge in [0.1, 0.15) is 0 Å². The van der Waals surface area contributed by atoms with Gasteiger partial charge in [-0.3, -0.25) is 18.7 Å². The van der Waals surface area contributed by atoms with Crippen molar-refractivity contribution in [3.8, 4) is 0 Å². The zero-order chi connectivity index (χ0) is 39.0. The average Bonchev–Trinajstić information content (AvgIpc) is 3.20. The third kappa shape index (κ3) is 38.1. The summed E-state index contributed by atoms with van der Waals surface area (Å²) in [5.74, 6) is 3.47. The number of nitrogens with zero attached hydrogens (tertiary/aromatic N) is 4. The minimum Gasteiger partial charge on any atom is -0.396 e. The molecule has 0 aromatic heterocycles. The third-order valence-electron chi connectivity index (χ3n) is 9.47. The molecule has 4 fully saturated rings. The Labute approximate surface area is 330 Å². The van der Waals surface area contributed by atoms with Gasteiger partial charge in [0, 0.05) is 87.4 Å². The number of ether oxygens (including phenoxy) is 2. The summed E-state index contributed by atoms with van der Waals surface area (Å²) in [5, 5.41) is 8.83. The molecule has 0 aliphatic carbocycles. The smallest absolute Gasteiger partial charge is 0.0460 e. The van der Waals surface area contributed by atoms with Crippen LogP contribution in [0.15, 0.2) is 0 Å². The van der Waals surface area contributed by atoms with Crippen molar-refractivity contribution >= 4 is 34.9 Å². The Balaban J connectivity index is -0.000000169. The molecule has 316 valence electrons. The van der Waals surface area contributed by atoms with Crippen LogP contribution >= 0.6 is 34.9 Å². The van der Waals surface area contributed by atoms with Crippen LogP contribution in [0.25, 0.3) is 0 Å². The molecule has 4 atom stereocenters. The quantitative estimate of drug-likeness (QED) is 0.235. The van der Waals surface area contributed by atoms with Gasteiger partial charge in [0.25, 0.3) is 0 Å². The first-order valence-corrected chi connectivity index (χ1v) is 25.9. The van der Waals surface area contributed by atoms with Crippen LogP contribution < -0.4 is 5.73 Å². The highest BCUT2D eigenvalue weighted by Crippen LogP contribution is 2.27. The second-order valence-corrected chi connectivity index (χ2v) is 17.0. The summed E-state index contributed by atoms with van der Waals surface area (Å²) in [6, 6.07) is 0. The van der Waals surface area contributed by atoms with Gasteiger partial charge in [-0.1, -0.05) is 96.7 Å². The van der Waals surface area contributed by atoms with Crippen LogP contribution in [-0.4, -0.2) is 144 Å². The van der Waals surface area contributed by atoms with Crippen LogP contribution in [0.1, 0.15) is 113 Å². The van der Waals surface area contributed by atoms with Crippen molar-refractivity contribution in [1.29, 1.82) is 0 Å². The summed E-state index contributed by atoms with van der Waals surface area (Å²) in [7, 11) is 10.5.